The number of allylic oxidation sites excluding steroid dienone is 4. The summed E-state index contributed by atoms with van der Waals surface area (Å²) in [5, 5.41) is 32.6. The summed E-state index contributed by atoms with van der Waals surface area (Å²) in [7, 11) is 3.00. The van der Waals surface area contributed by atoms with Crippen LogP contribution in [0, 0.1) is 0 Å². The van der Waals surface area contributed by atoms with Gasteiger partial charge in [-0.15, -0.1) is 0 Å². The van der Waals surface area contributed by atoms with Gasteiger partial charge in [0.2, 0.25) is 5.78 Å². The molecule has 34 heavy (non-hydrogen) atoms. The van der Waals surface area contributed by atoms with Gasteiger partial charge < -0.3 is 29.5 Å². The van der Waals surface area contributed by atoms with Gasteiger partial charge in [0.1, 0.15) is 40.9 Å². The monoisotopic (exact) mass is 468 g/mol. The number of hydrogen-bond donors (Lipinski definition) is 3. The predicted molar refractivity (Wildman–Crippen MR) is 129 cm³/mol. The van der Waals surface area contributed by atoms with Crippen molar-refractivity contribution in [2.75, 3.05) is 20.8 Å². The first kappa shape index (κ1) is 25.2. The third-order valence-electron chi connectivity index (χ3n) is 5.88. The number of carbonyl (C=O) groups is 1. The number of aromatic hydroxyl groups is 2. The maximum Gasteiger partial charge on any atom is 0.210 e. The van der Waals surface area contributed by atoms with Crippen LogP contribution in [0.5, 0.6) is 28.7 Å². The van der Waals surface area contributed by atoms with Crippen LogP contribution in [-0.4, -0.2) is 41.9 Å². The molecule has 7 nitrogen and oxygen atoms in total. The Morgan fingerprint density at radius 3 is 2.18 bits per heavy atom. The largest absolute Gasteiger partial charge is 0.507 e. The summed E-state index contributed by atoms with van der Waals surface area (Å²) < 4.78 is 17.0. The molecule has 0 aliphatic carbocycles. The summed E-state index contributed by atoms with van der Waals surface area (Å²) in [6, 6.07) is 4.34. The fourth-order valence-electron chi connectivity index (χ4n) is 4.06. The summed E-state index contributed by atoms with van der Waals surface area (Å²) in [5.74, 6) is -0.444. The molecule has 2 aromatic rings. The van der Waals surface area contributed by atoms with Crippen molar-refractivity contribution in [3.8, 4) is 28.7 Å². The molecule has 0 spiro atoms. The van der Waals surface area contributed by atoms with E-state index in [1.54, 1.807) is 19.2 Å². The molecule has 3 N–H and O–H groups in total. The van der Waals surface area contributed by atoms with Crippen LogP contribution in [-0.2, 0) is 18.4 Å². The minimum atomic E-state index is -2.12. The number of rotatable bonds is 7. The van der Waals surface area contributed by atoms with E-state index < -0.39 is 23.7 Å². The van der Waals surface area contributed by atoms with Crippen LogP contribution in [0.15, 0.2) is 41.5 Å². The fraction of sp³-hybridized carbons (Fsp3) is 0.370. The van der Waals surface area contributed by atoms with E-state index in [0.717, 1.165) is 17.2 Å². The Balaban J connectivity index is 2.19. The molecule has 1 heterocycles. The van der Waals surface area contributed by atoms with Crippen molar-refractivity contribution in [1.82, 2.24) is 0 Å². The number of carbonyl (C=O) groups excluding carboxylic acids is 1. The zero-order chi connectivity index (χ0) is 25.2. The van der Waals surface area contributed by atoms with Gasteiger partial charge in [-0.25, -0.2) is 0 Å². The van der Waals surface area contributed by atoms with E-state index in [4.69, 9.17) is 14.2 Å². The lowest BCUT2D eigenvalue weighted by Gasteiger charge is -2.35. The Hall–Kier alpha value is -3.45. The highest BCUT2D eigenvalue weighted by molar-refractivity contribution is 6.09. The minimum absolute atomic E-state index is 0.0712. The molecule has 0 aromatic heterocycles. The molecule has 0 bridgehead atoms. The number of fused-ring (bicyclic) bond motifs is 1. The molecule has 0 amide bonds. The molecular weight excluding hydrogens is 436 g/mol. The maximum atomic E-state index is 13.7. The predicted octanol–water partition coefficient (Wildman–Crippen LogP) is 4.60. The maximum absolute atomic E-state index is 13.7. The van der Waals surface area contributed by atoms with Crippen LogP contribution in [0.1, 0.15) is 54.7 Å². The lowest BCUT2D eigenvalue weighted by Crippen LogP contribution is -2.45. The van der Waals surface area contributed by atoms with E-state index in [-0.39, 0.29) is 22.6 Å². The number of phenolic OH excluding ortho intramolecular Hbond substituents is 2. The molecule has 0 fully saturated rings. The van der Waals surface area contributed by atoms with E-state index in [1.807, 2.05) is 39.8 Å². The highest BCUT2D eigenvalue weighted by atomic mass is 16.5. The Bertz CT molecular complexity index is 1170. The number of methoxy groups -OCH3 is 2. The van der Waals surface area contributed by atoms with E-state index in [9.17, 15) is 20.1 Å². The van der Waals surface area contributed by atoms with E-state index >= 15 is 0 Å². The van der Waals surface area contributed by atoms with Crippen molar-refractivity contribution in [3.63, 3.8) is 0 Å². The third-order valence-corrected chi connectivity index (χ3v) is 5.88. The number of aliphatic hydroxyl groups is 1. The number of Topliss-reactive ketones (excluding diaryl/α,β-unsaturated/α-hetero) is 1. The minimum Gasteiger partial charge on any atom is -0.507 e. The molecule has 1 aliphatic rings. The van der Waals surface area contributed by atoms with E-state index in [0.29, 0.717) is 35.5 Å². The van der Waals surface area contributed by atoms with Gasteiger partial charge >= 0.3 is 0 Å². The van der Waals surface area contributed by atoms with E-state index in [2.05, 4.69) is 0 Å². The van der Waals surface area contributed by atoms with Gasteiger partial charge in [0.25, 0.3) is 0 Å². The summed E-state index contributed by atoms with van der Waals surface area (Å²) in [4.78, 5) is 13.7. The topological polar surface area (TPSA) is 105 Å². The number of phenols is 2. The Labute approximate surface area is 199 Å². The van der Waals surface area contributed by atoms with Crippen LogP contribution in [0.25, 0.3) is 0 Å². The van der Waals surface area contributed by atoms with Gasteiger partial charge in [-0.3, -0.25) is 4.79 Å². The second kappa shape index (κ2) is 9.81. The normalized spacial score (nSPS) is 16.9. The molecule has 1 aliphatic heterocycles. The molecule has 0 saturated carbocycles. The summed E-state index contributed by atoms with van der Waals surface area (Å²) in [6.45, 7) is 7.36. The van der Waals surface area contributed by atoms with Gasteiger partial charge in [-0.2, -0.15) is 0 Å². The molecular formula is C27H32O7. The fourth-order valence-corrected chi connectivity index (χ4v) is 4.06. The smallest absolute Gasteiger partial charge is 0.210 e. The molecule has 0 saturated heterocycles. The van der Waals surface area contributed by atoms with Gasteiger partial charge in [0.15, 0.2) is 5.60 Å². The van der Waals surface area contributed by atoms with E-state index in [1.165, 1.54) is 7.11 Å². The molecule has 182 valence electrons. The van der Waals surface area contributed by atoms with Crippen LogP contribution in [0.4, 0.5) is 0 Å². The highest BCUT2D eigenvalue weighted by Crippen LogP contribution is 2.48. The zero-order valence-electron chi connectivity index (χ0n) is 20.5. The van der Waals surface area contributed by atoms with Crippen LogP contribution in [0.3, 0.4) is 0 Å². The molecule has 1 unspecified atom stereocenters. The third kappa shape index (κ3) is 4.48. The second-order valence-corrected chi connectivity index (χ2v) is 8.87. The van der Waals surface area contributed by atoms with Crippen molar-refractivity contribution < 1.29 is 34.3 Å². The number of hydrogen-bond acceptors (Lipinski definition) is 7. The molecule has 0 radical (unpaired) electrons. The lowest BCUT2D eigenvalue weighted by molar-refractivity contribution is -0.00706. The molecule has 2 aromatic carbocycles. The number of ketones is 1. The molecule has 1 atom stereocenters. The standard InChI is InChI=1S/C27H32O7/c1-15(2)7-9-17-20(28)13-21(29)23-25(17)34-14-27(31,26(23)30)19-11-12-22(32-5)18(24(19)33-6)10-8-16(3)4/h7-8,11-13,28-29,31H,9-10,14H2,1-6H3. The molecule has 3 rings (SSSR count). The van der Waals surface area contributed by atoms with Crippen molar-refractivity contribution in [2.45, 2.75) is 46.1 Å². The number of benzene rings is 2. The average Bonchev–Trinajstić information content (AvgIpc) is 2.78. The Morgan fingerprint density at radius 2 is 1.62 bits per heavy atom. The quantitative estimate of drug-likeness (QED) is 0.510. The second-order valence-electron chi connectivity index (χ2n) is 8.87. The van der Waals surface area contributed by atoms with Gasteiger partial charge in [0, 0.05) is 22.8 Å². The van der Waals surface area contributed by atoms with Crippen molar-refractivity contribution >= 4 is 5.78 Å². The Morgan fingerprint density at radius 1 is 1.00 bits per heavy atom. The Kier molecular flexibility index (Phi) is 7.26. The first-order valence-electron chi connectivity index (χ1n) is 11.0. The summed E-state index contributed by atoms with van der Waals surface area (Å²) >= 11 is 0. The van der Waals surface area contributed by atoms with Crippen LogP contribution in [0.2, 0.25) is 0 Å². The van der Waals surface area contributed by atoms with Crippen molar-refractivity contribution in [3.05, 3.63) is 63.8 Å². The van der Waals surface area contributed by atoms with Gasteiger partial charge in [-0.1, -0.05) is 23.3 Å². The van der Waals surface area contributed by atoms with Gasteiger partial charge in [-0.05, 0) is 52.7 Å². The summed E-state index contributed by atoms with van der Waals surface area (Å²) in [5.41, 5.74) is 1.08. The number of ether oxygens (including phenoxy) is 3. The SMILES string of the molecule is COc1ccc(C2(O)COc3c(CC=C(C)C)c(O)cc(O)c3C2=O)c(OC)c1CC=C(C)C. The lowest BCUT2D eigenvalue weighted by atomic mass is 9.81. The van der Waals surface area contributed by atoms with Crippen molar-refractivity contribution in [1.29, 1.82) is 0 Å². The highest BCUT2D eigenvalue weighted by Gasteiger charge is 2.48. The zero-order valence-corrected chi connectivity index (χ0v) is 20.5. The average molecular weight is 469 g/mol. The van der Waals surface area contributed by atoms with Crippen molar-refractivity contribution in [2.24, 2.45) is 0 Å². The first-order chi connectivity index (χ1) is 16.0. The van der Waals surface area contributed by atoms with Gasteiger partial charge in [0.05, 0.1) is 14.2 Å². The van der Waals surface area contributed by atoms with Crippen LogP contribution >= 0.6 is 0 Å². The first-order valence-corrected chi connectivity index (χ1v) is 11.0. The summed E-state index contributed by atoms with van der Waals surface area (Å²) in [6.07, 6.45) is 4.65. The molecule has 7 heteroatoms. The van der Waals surface area contributed by atoms with Crippen LogP contribution < -0.4 is 14.2 Å².